The number of hydrogen-bond donors (Lipinski definition) is 2. The third-order valence-corrected chi connectivity index (χ3v) is 3.21. The van der Waals surface area contributed by atoms with Crippen LogP contribution < -0.4 is 0 Å². The lowest BCUT2D eigenvalue weighted by molar-refractivity contribution is 0.160. The van der Waals surface area contributed by atoms with Gasteiger partial charge in [-0.25, -0.2) is 0 Å². The van der Waals surface area contributed by atoms with Crippen LogP contribution in [0.1, 0.15) is 11.1 Å². The average Bonchev–Trinajstić information content (AvgIpc) is 2.62. The molecule has 0 aliphatic heterocycles. The summed E-state index contributed by atoms with van der Waals surface area (Å²) in [7, 11) is 0. The molecular weight excluding hydrogens is 214 g/mol. The number of benzene rings is 2. The van der Waals surface area contributed by atoms with E-state index >= 15 is 0 Å². The molecule has 84 valence electrons. The van der Waals surface area contributed by atoms with E-state index in [0.717, 1.165) is 28.5 Å². The molecule has 2 N–H and O–H groups in total. The molecule has 0 amide bonds. The zero-order chi connectivity index (χ0) is 11.9. The fraction of sp³-hybridized carbons (Fsp3) is 0.0714. The Morgan fingerprint density at radius 3 is 1.82 bits per heavy atom. The molecule has 0 aromatic heterocycles. The van der Waals surface area contributed by atoms with E-state index in [4.69, 9.17) is 5.21 Å². The first kappa shape index (κ1) is 10.1. The minimum Gasteiger partial charge on any atom is -0.411 e. The molecule has 3 rings (SSSR count). The Kier molecular flexibility index (Phi) is 2.03. The predicted octanol–water partition coefficient (Wildman–Crippen LogP) is 2.36. The van der Waals surface area contributed by atoms with Gasteiger partial charge in [-0.15, -0.1) is 0 Å². The molecule has 1 aliphatic rings. The Morgan fingerprint density at radius 1 is 0.882 bits per heavy atom. The van der Waals surface area contributed by atoms with E-state index in [1.54, 1.807) is 0 Å². The van der Waals surface area contributed by atoms with E-state index in [1.807, 2.05) is 48.5 Å². The summed E-state index contributed by atoms with van der Waals surface area (Å²) in [6, 6.07) is 15.2. The zero-order valence-corrected chi connectivity index (χ0v) is 9.04. The van der Waals surface area contributed by atoms with Crippen molar-refractivity contribution in [2.45, 2.75) is 5.60 Å². The van der Waals surface area contributed by atoms with Crippen LogP contribution >= 0.6 is 0 Å². The summed E-state index contributed by atoms with van der Waals surface area (Å²) in [6.45, 7) is 0. The van der Waals surface area contributed by atoms with Gasteiger partial charge in [0.1, 0.15) is 0 Å². The van der Waals surface area contributed by atoms with Crippen LogP contribution in [0.4, 0.5) is 0 Å². The smallest absolute Gasteiger partial charge is 0.155 e. The lowest BCUT2D eigenvalue weighted by atomic mass is 9.93. The number of fused-ring (bicyclic) bond motifs is 3. The zero-order valence-electron chi connectivity index (χ0n) is 9.04. The van der Waals surface area contributed by atoms with Crippen molar-refractivity contribution in [2.24, 2.45) is 5.16 Å². The van der Waals surface area contributed by atoms with Crippen LogP contribution in [0.5, 0.6) is 0 Å². The Balaban J connectivity index is 2.39. The quantitative estimate of drug-likeness (QED) is 0.444. The van der Waals surface area contributed by atoms with Gasteiger partial charge >= 0.3 is 0 Å². The Labute approximate surface area is 98.7 Å². The summed E-state index contributed by atoms with van der Waals surface area (Å²) in [5.74, 6) is 0. The molecule has 0 fully saturated rings. The van der Waals surface area contributed by atoms with E-state index in [0.29, 0.717) is 0 Å². The number of aliphatic hydroxyl groups is 1. The first-order chi connectivity index (χ1) is 8.27. The minimum atomic E-state index is -1.33. The fourth-order valence-corrected chi connectivity index (χ4v) is 2.47. The molecule has 3 heteroatoms. The molecule has 0 bridgehead atoms. The topological polar surface area (TPSA) is 52.8 Å². The van der Waals surface area contributed by atoms with Crippen molar-refractivity contribution in [1.29, 1.82) is 0 Å². The summed E-state index contributed by atoms with van der Waals surface area (Å²) >= 11 is 0. The van der Waals surface area contributed by atoms with E-state index in [1.165, 1.54) is 0 Å². The first-order valence-electron chi connectivity index (χ1n) is 5.38. The summed E-state index contributed by atoms with van der Waals surface area (Å²) in [4.78, 5) is 0. The summed E-state index contributed by atoms with van der Waals surface area (Å²) in [5.41, 5.74) is 2.12. The molecule has 2 aromatic rings. The van der Waals surface area contributed by atoms with Crippen LogP contribution in [0, 0.1) is 0 Å². The third kappa shape index (κ3) is 1.23. The summed E-state index contributed by atoms with van der Waals surface area (Å²) in [5, 5.41) is 22.5. The van der Waals surface area contributed by atoms with Crippen molar-refractivity contribution in [3.05, 3.63) is 59.7 Å². The van der Waals surface area contributed by atoms with E-state index in [-0.39, 0.29) is 0 Å². The van der Waals surface area contributed by atoms with Gasteiger partial charge in [0.2, 0.25) is 0 Å². The molecule has 0 spiro atoms. The minimum absolute atomic E-state index is 0.749. The standard InChI is InChI=1S/C14H11NO2/c16-14(9-15-17)12-7-3-1-5-10(12)11-6-2-4-8-13(11)14/h1-9,16-17H. The maximum atomic E-state index is 10.7. The lowest BCUT2D eigenvalue weighted by Gasteiger charge is -2.19. The molecule has 3 nitrogen and oxygen atoms in total. The predicted molar refractivity (Wildman–Crippen MR) is 65.2 cm³/mol. The van der Waals surface area contributed by atoms with Crippen molar-refractivity contribution in [3.63, 3.8) is 0 Å². The maximum Gasteiger partial charge on any atom is 0.155 e. The van der Waals surface area contributed by atoms with Gasteiger partial charge in [0, 0.05) is 11.1 Å². The van der Waals surface area contributed by atoms with Crippen molar-refractivity contribution in [2.75, 3.05) is 0 Å². The fourth-order valence-electron chi connectivity index (χ4n) is 2.47. The Hall–Kier alpha value is -2.13. The van der Waals surface area contributed by atoms with Crippen LogP contribution in [0.15, 0.2) is 53.7 Å². The Morgan fingerprint density at radius 2 is 1.35 bits per heavy atom. The molecule has 0 saturated heterocycles. The SMILES string of the molecule is ON=CC1(O)c2ccccc2-c2ccccc21. The molecule has 0 atom stereocenters. The lowest BCUT2D eigenvalue weighted by Crippen LogP contribution is -2.26. The van der Waals surface area contributed by atoms with Gasteiger partial charge in [0.15, 0.2) is 5.60 Å². The van der Waals surface area contributed by atoms with Gasteiger partial charge in [0.25, 0.3) is 0 Å². The Bertz CT molecular complexity index is 559. The molecular formula is C14H11NO2. The van der Waals surface area contributed by atoms with Crippen LogP contribution in [-0.4, -0.2) is 16.5 Å². The molecule has 17 heavy (non-hydrogen) atoms. The van der Waals surface area contributed by atoms with Gasteiger partial charge in [-0.3, -0.25) is 0 Å². The van der Waals surface area contributed by atoms with Crippen LogP contribution in [0.3, 0.4) is 0 Å². The molecule has 0 saturated carbocycles. The van der Waals surface area contributed by atoms with Crippen molar-refractivity contribution >= 4 is 6.21 Å². The normalized spacial score (nSPS) is 15.8. The van der Waals surface area contributed by atoms with E-state index < -0.39 is 5.60 Å². The molecule has 0 radical (unpaired) electrons. The molecule has 2 aromatic carbocycles. The van der Waals surface area contributed by atoms with Gasteiger partial charge in [-0.05, 0) is 11.1 Å². The highest BCUT2D eigenvalue weighted by molar-refractivity contribution is 5.91. The molecule has 0 unspecified atom stereocenters. The highest BCUT2D eigenvalue weighted by atomic mass is 16.4. The number of nitrogens with zero attached hydrogens (tertiary/aromatic N) is 1. The second kappa shape index (κ2) is 3.43. The maximum absolute atomic E-state index is 10.7. The van der Waals surface area contributed by atoms with E-state index in [2.05, 4.69) is 5.16 Å². The molecule has 0 heterocycles. The van der Waals surface area contributed by atoms with Crippen LogP contribution in [0.25, 0.3) is 11.1 Å². The van der Waals surface area contributed by atoms with Crippen molar-refractivity contribution in [3.8, 4) is 11.1 Å². The van der Waals surface area contributed by atoms with Gasteiger partial charge in [-0.1, -0.05) is 53.7 Å². The van der Waals surface area contributed by atoms with Gasteiger partial charge in [0.05, 0.1) is 6.21 Å². The summed E-state index contributed by atoms with van der Waals surface area (Å²) in [6.07, 6.45) is 1.16. The first-order valence-corrected chi connectivity index (χ1v) is 5.38. The average molecular weight is 225 g/mol. The monoisotopic (exact) mass is 225 g/mol. The highest BCUT2D eigenvalue weighted by Crippen LogP contribution is 2.46. The van der Waals surface area contributed by atoms with Gasteiger partial charge < -0.3 is 10.3 Å². The molecule has 1 aliphatic carbocycles. The van der Waals surface area contributed by atoms with E-state index in [9.17, 15) is 5.11 Å². The highest BCUT2D eigenvalue weighted by Gasteiger charge is 2.40. The van der Waals surface area contributed by atoms with Crippen molar-refractivity contribution < 1.29 is 10.3 Å². The number of rotatable bonds is 1. The number of oxime groups is 1. The van der Waals surface area contributed by atoms with Crippen LogP contribution in [-0.2, 0) is 5.60 Å². The summed E-state index contributed by atoms with van der Waals surface area (Å²) < 4.78 is 0. The second-order valence-electron chi connectivity index (χ2n) is 4.10. The second-order valence-corrected chi connectivity index (χ2v) is 4.10. The largest absolute Gasteiger partial charge is 0.411 e. The van der Waals surface area contributed by atoms with Gasteiger partial charge in [-0.2, -0.15) is 0 Å². The number of hydrogen-bond acceptors (Lipinski definition) is 3. The third-order valence-electron chi connectivity index (χ3n) is 3.21. The van der Waals surface area contributed by atoms with Crippen molar-refractivity contribution in [1.82, 2.24) is 0 Å². The van der Waals surface area contributed by atoms with Crippen LogP contribution in [0.2, 0.25) is 0 Å².